The molecule has 8 heteroatoms. The summed E-state index contributed by atoms with van der Waals surface area (Å²) in [6.45, 7) is 7.42. The molecule has 0 fully saturated rings. The van der Waals surface area contributed by atoms with Crippen molar-refractivity contribution in [3.8, 4) is 18.1 Å². The second kappa shape index (κ2) is 14.0. The lowest BCUT2D eigenvalue weighted by Gasteiger charge is -2.34. The van der Waals surface area contributed by atoms with E-state index in [-0.39, 0.29) is 31.2 Å². The van der Waals surface area contributed by atoms with Gasteiger partial charge in [-0.3, -0.25) is 9.59 Å². The highest BCUT2D eigenvalue weighted by Gasteiger charge is 2.35. The van der Waals surface area contributed by atoms with Crippen LogP contribution in [0.4, 0.5) is 4.79 Å². The van der Waals surface area contributed by atoms with Crippen LogP contribution < -0.4 is 10.6 Å². The second-order valence-corrected chi connectivity index (χ2v) is 10.6. The maximum atomic E-state index is 14.2. The number of carbonyl (C=O) groups excluding carboxylic acids is 3. The van der Waals surface area contributed by atoms with Gasteiger partial charge in [0.15, 0.2) is 0 Å². The summed E-state index contributed by atoms with van der Waals surface area (Å²) < 4.78 is 5.44. The standard InChI is InChI=1S/C33H37N3O5/c1-6-23-13-17-26(18-14-23)29(30(38)34-22-25-11-9-8-10-12-25)36(7-2)31(39)28(35-32(40)41-33(3,4)5)21-24-15-19-27(37)20-16-24/h1,8-20,28-29,37H,7,21-22H2,2-5H3,(H,34,38)(H,35,40). The fourth-order valence-corrected chi connectivity index (χ4v) is 4.30. The highest BCUT2D eigenvalue weighted by atomic mass is 16.6. The molecule has 0 heterocycles. The lowest BCUT2D eigenvalue weighted by atomic mass is 9.99. The maximum absolute atomic E-state index is 14.2. The molecule has 2 atom stereocenters. The third-order valence-corrected chi connectivity index (χ3v) is 6.25. The number of phenolic OH excluding ortho intramolecular Hbond substituents is 1. The fraction of sp³-hybridized carbons (Fsp3) is 0.303. The fourth-order valence-electron chi connectivity index (χ4n) is 4.30. The molecule has 3 amide bonds. The Kier molecular flexibility index (Phi) is 10.5. The van der Waals surface area contributed by atoms with Crippen molar-refractivity contribution in [2.75, 3.05) is 6.54 Å². The van der Waals surface area contributed by atoms with E-state index >= 15 is 0 Å². The minimum atomic E-state index is -1.05. The largest absolute Gasteiger partial charge is 0.508 e. The van der Waals surface area contributed by atoms with Crippen molar-refractivity contribution in [3.05, 3.63) is 101 Å². The van der Waals surface area contributed by atoms with Crippen LogP contribution in [0.5, 0.6) is 5.75 Å². The quantitative estimate of drug-likeness (QED) is 0.314. The van der Waals surface area contributed by atoms with Crippen LogP contribution in [-0.2, 0) is 27.3 Å². The van der Waals surface area contributed by atoms with Crippen molar-refractivity contribution < 1.29 is 24.2 Å². The van der Waals surface area contributed by atoms with E-state index in [9.17, 15) is 19.5 Å². The van der Waals surface area contributed by atoms with Crippen LogP contribution >= 0.6 is 0 Å². The van der Waals surface area contributed by atoms with Gasteiger partial charge in [-0.1, -0.05) is 60.5 Å². The highest BCUT2D eigenvalue weighted by Crippen LogP contribution is 2.24. The molecule has 2 unspecified atom stereocenters. The van der Waals surface area contributed by atoms with Crippen LogP contribution in [0.1, 0.15) is 56.0 Å². The molecule has 214 valence electrons. The van der Waals surface area contributed by atoms with Gasteiger partial charge in [0.05, 0.1) is 0 Å². The topological polar surface area (TPSA) is 108 Å². The lowest BCUT2D eigenvalue weighted by Crippen LogP contribution is -2.53. The number of aromatic hydroxyl groups is 1. The number of benzene rings is 3. The predicted octanol–water partition coefficient (Wildman–Crippen LogP) is 4.72. The van der Waals surface area contributed by atoms with Gasteiger partial charge in [-0.15, -0.1) is 6.42 Å². The number of alkyl carbamates (subject to hydrolysis) is 1. The molecule has 0 aliphatic heterocycles. The second-order valence-electron chi connectivity index (χ2n) is 10.6. The van der Waals surface area contributed by atoms with Gasteiger partial charge < -0.3 is 25.4 Å². The van der Waals surface area contributed by atoms with Gasteiger partial charge >= 0.3 is 6.09 Å². The lowest BCUT2D eigenvalue weighted by molar-refractivity contribution is -0.142. The van der Waals surface area contributed by atoms with Crippen LogP contribution in [0.25, 0.3) is 0 Å². The summed E-state index contributed by atoms with van der Waals surface area (Å²) in [5, 5.41) is 15.4. The van der Waals surface area contributed by atoms with Crippen LogP contribution in [-0.4, -0.2) is 46.1 Å². The minimum Gasteiger partial charge on any atom is -0.508 e. The highest BCUT2D eigenvalue weighted by molar-refractivity contribution is 5.92. The Morgan fingerprint density at radius 1 is 0.951 bits per heavy atom. The first kappa shape index (κ1) is 30.8. The van der Waals surface area contributed by atoms with Gasteiger partial charge in [0, 0.05) is 25.1 Å². The summed E-state index contributed by atoms with van der Waals surface area (Å²) in [6.07, 6.45) is 4.89. The Morgan fingerprint density at radius 2 is 1.59 bits per heavy atom. The van der Waals surface area contributed by atoms with Crippen molar-refractivity contribution in [3.63, 3.8) is 0 Å². The van der Waals surface area contributed by atoms with Gasteiger partial charge in [0.2, 0.25) is 11.8 Å². The van der Waals surface area contributed by atoms with Gasteiger partial charge in [-0.25, -0.2) is 4.79 Å². The van der Waals surface area contributed by atoms with Crippen LogP contribution in [0.3, 0.4) is 0 Å². The number of nitrogens with zero attached hydrogens (tertiary/aromatic N) is 1. The Hall–Kier alpha value is -4.77. The third-order valence-electron chi connectivity index (χ3n) is 6.25. The number of terminal acetylenes is 1. The van der Waals surface area contributed by atoms with Gasteiger partial charge in [-0.05, 0) is 68.7 Å². The summed E-state index contributed by atoms with van der Waals surface area (Å²) in [5.74, 6) is 1.80. The van der Waals surface area contributed by atoms with E-state index in [1.165, 1.54) is 17.0 Å². The van der Waals surface area contributed by atoms with Gasteiger partial charge in [0.25, 0.3) is 0 Å². The Labute approximate surface area is 241 Å². The Morgan fingerprint density at radius 3 is 2.15 bits per heavy atom. The molecule has 3 aromatic rings. The number of rotatable bonds is 10. The molecule has 0 saturated carbocycles. The summed E-state index contributed by atoms with van der Waals surface area (Å²) in [4.78, 5) is 42.1. The molecule has 0 aromatic heterocycles. The number of phenols is 1. The summed E-state index contributed by atoms with van der Waals surface area (Å²) in [7, 11) is 0. The van der Waals surface area contributed by atoms with E-state index in [4.69, 9.17) is 11.2 Å². The number of carbonyl (C=O) groups is 3. The minimum absolute atomic E-state index is 0.0810. The van der Waals surface area contributed by atoms with Crippen LogP contribution in [0, 0.1) is 12.3 Å². The Bertz CT molecular complexity index is 1360. The first-order chi connectivity index (χ1) is 19.5. The van der Waals surface area contributed by atoms with E-state index < -0.39 is 29.7 Å². The monoisotopic (exact) mass is 555 g/mol. The normalized spacial score (nSPS) is 12.4. The average Bonchev–Trinajstić information content (AvgIpc) is 2.94. The molecular weight excluding hydrogens is 518 g/mol. The SMILES string of the molecule is C#Cc1ccc(C(C(=O)NCc2ccccc2)N(CC)C(=O)C(Cc2ccc(O)cc2)NC(=O)OC(C)(C)C)cc1. The van der Waals surface area contributed by atoms with Crippen molar-refractivity contribution >= 4 is 17.9 Å². The van der Waals surface area contributed by atoms with Crippen LogP contribution in [0.2, 0.25) is 0 Å². The smallest absolute Gasteiger partial charge is 0.408 e. The zero-order valence-electron chi connectivity index (χ0n) is 23.9. The molecule has 3 rings (SSSR count). The first-order valence-corrected chi connectivity index (χ1v) is 13.5. The Balaban J connectivity index is 1.96. The van der Waals surface area contributed by atoms with Gasteiger partial charge in [0.1, 0.15) is 23.4 Å². The first-order valence-electron chi connectivity index (χ1n) is 13.5. The molecule has 0 aliphatic rings. The van der Waals surface area contributed by atoms with E-state index in [0.717, 1.165) is 5.56 Å². The number of ether oxygens (including phenoxy) is 1. The molecule has 0 radical (unpaired) electrons. The molecule has 0 spiro atoms. The summed E-state index contributed by atoms with van der Waals surface area (Å²) in [5.41, 5.74) is 2.05. The third kappa shape index (κ3) is 9.14. The molecule has 0 bridgehead atoms. The van der Waals surface area contributed by atoms with Crippen molar-refractivity contribution in [2.45, 2.75) is 58.3 Å². The zero-order chi connectivity index (χ0) is 30.0. The molecule has 41 heavy (non-hydrogen) atoms. The van der Waals surface area contributed by atoms with E-state index in [0.29, 0.717) is 16.7 Å². The average molecular weight is 556 g/mol. The predicted molar refractivity (Wildman–Crippen MR) is 158 cm³/mol. The van der Waals surface area contributed by atoms with Crippen molar-refractivity contribution in [1.29, 1.82) is 0 Å². The number of likely N-dealkylation sites (N-methyl/N-ethyl adjacent to an activating group) is 1. The number of hydrogen-bond acceptors (Lipinski definition) is 5. The number of hydrogen-bond donors (Lipinski definition) is 3. The summed E-state index contributed by atoms with van der Waals surface area (Å²) >= 11 is 0. The maximum Gasteiger partial charge on any atom is 0.408 e. The van der Waals surface area contributed by atoms with Crippen LogP contribution in [0.15, 0.2) is 78.9 Å². The van der Waals surface area contributed by atoms with Gasteiger partial charge in [-0.2, -0.15) is 0 Å². The van der Waals surface area contributed by atoms with E-state index in [1.807, 2.05) is 30.3 Å². The molecular formula is C33H37N3O5. The molecule has 3 N–H and O–H groups in total. The summed E-state index contributed by atoms with van der Waals surface area (Å²) in [6, 6.07) is 20.7. The van der Waals surface area contributed by atoms with E-state index in [2.05, 4.69) is 16.6 Å². The molecule has 8 nitrogen and oxygen atoms in total. The van der Waals surface area contributed by atoms with Crippen molar-refractivity contribution in [2.24, 2.45) is 0 Å². The molecule has 0 saturated heterocycles. The van der Waals surface area contributed by atoms with E-state index in [1.54, 1.807) is 64.1 Å². The molecule has 3 aromatic carbocycles. The number of nitrogens with one attached hydrogen (secondary N) is 2. The van der Waals surface area contributed by atoms with Crippen molar-refractivity contribution in [1.82, 2.24) is 15.5 Å². The number of amides is 3. The molecule has 0 aliphatic carbocycles. The zero-order valence-corrected chi connectivity index (χ0v) is 23.9.